The van der Waals surface area contributed by atoms with Crippen molar-refractivity contribution in [3.05, 3.63) is 42.6 Å². The number of hydrogen-bond acceptors (Lipinski definition) is 3. The molecule has 0 radical (unpaired) electrons. The highest BCUT2D eigenvalue weighted by Crippen LogP contribution is 2.07. The summed E-state index contributed by atoms with van der Waals surface area (Å²) in [7, 11) is 0. The van der Waals surface area contributed by atoms with Crippen LogP contribution in [0.25, 0.3) is 10.9 Å². The van der Waals surface area contributed by atoms with Gasteiger partial charge < -0.3 is 4.74 Å². The maximum atomic E-state index is 9.34. The van der Waals surface area contributed by atoms with Crippen molar-refractivity contribution in [1.82, 2.24) is 4.98 Å². The molecule has 1 aromatic carbocycles. The maximum absolute atomic E-state index is 9.34. The van der Waals surface area contributed by atoms with E-state index < -0.39 is 0 Å². The Bertz CT molecular complexity index is 363. The zero-order chi connectivity index (χ0) is 11.6. The maximum Gasteiger partial charge on any atom is 0.293 e. The number of para-hydroxylation sites is 1. The molecule has 3 nitrogen and oxygen atoms in total. The van der Waals surface area contributed by atoms with Gasteiger partial charge in [0.2, 0.25) is 0 Å². The topological polar surface area (TPSA) is 39.2 Å². The summed E-state index contributed by atoms with van der Waals surface area (Å²) in [5.41, 5.74) is 1.06. The predicted molar refractivity (Wildman–Crippen MR) is 64.1 cm³/mol. The van der Waals surface area contributed by atoms with E-state index in [9.17, 15) is 4.79 Å². The van der Waals surface area contributed by atoms with Crippen molar-refractivity contribution in [3.8, 4) is 0 Å². The van der Waals surface area contributed by atoms with Crippen LogP contribution in [0.2, 0.25) is 0 Å². The Hall–Kier alpha value is -1.90. The van der Waals surface area contributed by atoms with Crippen molar-refractivity contribution in [1.29, 1.82) is 0 Å². The van der Waals surface area contributed by atoms with E-state index in [1.807, 2.05) is 37.4 Å². The van der Waals surface area contributed by atoms with E-state index in [4.69, 9.17) is 0 Å². The van der Waals surface area contributed by atoms with Gasteiger partial charge in [0, 0.05) is 11.6 Å². The summed E-state index contributed by atoms with van der Waals surface area (Å²) < 4.78 is 4.30. The van der Waals surface area contributed by atoms with Crippen molar-refractivity contribution in [2.75, 3.05) is 6.61 Å². The number of pyridine rings is 1. The molecule has 0 saturated carbocycles. The van der Waals surface area contributed by atoms with Gasteiger partial charge in [0.15, 0.2) is 0 Å². The lowest BCUT2D eigenvalue weighted by Gasteiger charge is -1.91. The Morgan fingerprint density at radius 2 is 2.00 bits per heavy atom. The van der Waals surface area contributed by atoms with E-state index in [2.05, 4.69) is 21.9 Å². The number of nitrogens with zero attached hydrogens (tertiary/aromatic N) is 1. The molecule has 0 atom stereocenters. The van der Waals surface area contributed by atoms with E-state index in [0.29, 0.717) is 13.1 Å². The van der Waals surface area contributed by atoms with Crippen LogP contribution in [0.4, 0.5) is 0 Å². The molecular weight excluding hydrogens is 202 g/mol. The molecule has 0 aliphatic rings. The SMILES string of the molecule is CCCOC=O.c1ccc2ncccc2c1. The third kappa shape index (κ3) is 4.09. The molecule has 2 aromatic rings. The molecule has 0 saturated heterocycles. The van der Waals surface area contributed by atoms with E-state index >= 15 is 0 Å². The molecule has 1 aromatic heterocycles. The van der Waals surface area contributed by atoms with E-state index in [-0.39, 0.29) is 0 Å². The van der Waals surface area contributed by atoms with Crippen molar-refractivity contribution in [2.24, 2.45) is 0 Å². The van der Waals surface area contributed by atoms with Crippen LogP contribution in [-0.2, 0) is 9.53 Å². The Balaban J connectivity index is 0.000000187. The van der Waals surface area contributed by atoms with Gasteiger partial charge in [-0.05, 0) is 18.6 Å². The Kier molecular flexibility index (Phi) is 5.63. The van der Waals surface area contributed by atoms with E-state index in [1.54, 1.807) is 0 Å². The van der Waals surface area contributed by atoms with Crippen molar-refractivity contribution < 1.29 is 9.53 Å². The summed E-state index contributed by atoms with van der Waals surface area (Å²) in [6.07, 6.45) is 2.71. The average Bonchev–Trinajstić information content (AvgIpc) is 2.37. The van der Waals surface area contributed by atoms with Crippen LogP contribution < -0.4 is 0 Å². The van der Waals surface area contributed by atoms with Gasteiger partial charge in [-0.1, -0.05) is 31.2 Å². The first kappa shape index (κ1) is 12.2. The number of carbonyl (C=O) groups is 1. The smallest absolute Gasteiger partial charge is 0.293 e. The molecule has 84 valence electrons. The summed E-state index contributed by atoms with van der Waals surface area (Å²) in [4.78, 5) is 13.5. The normalized spacial score (nSPS) is 9.06. The zero-order valence-electron chi connectivity index (χ0n) is 9.30. The largest absolute Gasteiger partial charge is 0.468 e. The van der Waals surface area contributed by atoms with Crippen LogP contribution in [0.15, 0.2) is 42.6 Å². The number of hydrogen-bond donors (Lipinski definition) is 0. The first-order valence-corrected chi connectivity index (χ1v) is 5.23. The second-order valence-corrected chi connectivity index (χ2v) is 3.16. The van der Waals surface area contributed by atoms with Gasteiger partial charge in [-0.25, -0.2) is 0 Å². The van der Waals surface area contributed by atoms with Gasteiger partial charge >= 0.3 is 0 Å². The molecule has 16 heavy (non-hydrogen) atoms. The molecule has 0 N–H and O–H groups in total. The molecular formula is C13H15NO2. The molecule has 2 rings (SSSR count). The third-order valence-corrected chi connectivity index (χ3v) is 1.90. The quantitative estimate of drug-likeness (QED) is 0.586. The number of ether oxygens (including phenoxy) is 1. The van der Waals surface area contributed by atoms with Crippen LogP contribution in [0, 0.1) is 0 Å². The lowest BCUT2D eigenvalue weighted by atomic mass is 10.2. The van der Waals surface area contributed by atoms with Crippen LogP contribution >= 0.6 is 0 Å². The second-order valence-electron chi connectivity index (χ2n) is 3.16. The lowest BCUT2D eigenvalue weighted by molar-refractivity contribution is -0.128. The standard InChI is InChI=1S/C9H7N.C4H8O2/c1-2-6-9-8(4-1)5-3-7-10-9;1-2-3-6-4-5/h1-7H;4H,2-3H2,1H3. The summed E-state index contributed by atoms with van der Waals surface area (Å²) in [5, 5.41) is 1.20. The lowest BCUT2D eigenvalue weighted by Crippen LogP contribution is -1.86. The fourth-order valence-electron chi connectivity index (χ4n) is 1.18. The minimum atomic E-state index is 0.462. The fraction of sp³-hybridized carbons (Fsp3) is 0.231. The van der Waals surface area contributed by atoms with E-state index in [0.717, 1.165) is 11.9 Å². The summed E-state index contributed by atoms with van der Waals surface area (Å²) in [5.74, 6) is 0. The fourth-order valence-corrected chi connectivity index (χ4v) is 1.18. The molecule has 0 fully saturated rings. The van der Waals surface area contributed by atoms with Crippen LogP contribution in [0.3, 0.4) is 0 Å². The van der Waals surface area contributed by atoms with Crippen LogP contribution in [-0.4, -0.2) is 18.1 Å². The summed E-state index contributed by atoms with van der Waals surface area (Å²) in [6.45, 7) is 2.95. The zero-order valence-corrected chi connectivity index (χ0v) is 9.30. The second kappa shape index (κ2) is 7.40. The monoisotopic (exact) mass is 217 g/mol. The number of fused-ring (bicyclic) bond motifs is 1. The third-order valence-electron chi connectivity index (χ3n) is 1.90. The number of benzene rings is 1. The Labute approximate surface area is 95.1 Å². The van der Waals surface area contributed by atoms with Crippen molar-refractivity contribution in [3.63, 3.8) is 0 Å². The van der Waals surface area contributed by atoms with Gasteiger partial charge in [0.25, 0.3) is 6.47 Å². The van der Waals surface area contributed by atoms with Gasteiger partial charge in [-0.15, -0.1) is 0 Å². The molecule has 1 heterocycles. The highest BCUT2D eigenvalue weighted by molar-refractivity contribution is 5.77. The van der Waals surface area contributed by atoms with Gasteiger partial charge in [-0.3, -0.25) is 9.78 Å². The van der Waals surface area contributed by atoms with Gasteiger partial charge in [-0.2, -0.15) is 0 Å². The first-order chi connectivity index (χ1) is 7.88. The van der Waals surface area contributed by atoms with Crippen molar-refractivity contribution >= 4 is 17.4 Å². The molecule has 0 aliphatic heterocycles. The van der Waals surface area contributed by atoms with Gasteiger partial charge in [0.1, 0.15) is 0 Å². The number of rotatable bonds is 3. The van der Waals surface area contributed by atoms with Crippen LogP contribution in [0.5, 0.6) is 0 Å². The predicted octanol–water partition coefficient (Wildman–Crippen LogP) is 2.80. The van der Waals surface area contributed by atoms with Crippen LogP contribution in [0.1, 0.15) is 13.3 Å². The minimum absolute atomic E-state index is 0.462. The molecule has 0 unspecified atom stereocenters. The minimum Gasteiger partial charge on any atom is -0.468 e. The molecule has 0 aliphatic carbocycles. The molecule has 3 heteroatoms. The van der Waals surface area contributed by atoms with E-state index in [1.165, 1.54) is 5.39 Å². The van der Waals surface area contributed by atoms with Crippen molar-refractivity contribution in [2.45, 2.75) is 13.3 Å². The highest BCUT2D eigenvalue weighted by atomic mass is 16.5. The summed E-state index contributed by atoms with van der Waals surface area (Å²) in [6, 6.07) is 12.1. The Morgan fingerprint density at radius 3 is 2.62 bits per heavy atom. The molecule has 0 amide bonds. The molecule has 0 spiro atoms. The summed E-state index contributed by atoms with van der Waals surface area (Å²) >= 11 is 0. The highest BCUT2D eigenvalue weighted by Gasteiger charge is 1.86. The average molecular weight is 217 g/mol. The number of carbonyl (C=O) groups excluding carboxylic acids is 1. The van der Waals surface area contributed by atoms with Gasteiger partial charge in [0.05, 0.1) is 12.1 Å². The number of aromatic nitrogens is 1. The molecule has 0 bridgehead atoms. The Morgan fingerprint density at radius 1 is 1.25 bits per heavy atom. The first-order valence-electron chi connectivity index (χ1n) is 5.23.